The highest BCUT2D eigenvalue weighted by atomic mass is 16.3. The normalized spacial score (nSPS) is 27.5. The summed E-state index contributed by atoms with van der Waals surface area (Å²) in [6, 6.07) is 10.1. The molecule has 0 spiro atoms. The number of nitrogens with one attached hydrogen (secondary N) is 2. The fraction of sp³-hybridized carbons (Fsp3) is 0.611. The summed E-state index contributed by atoms with van der Waals surface area (Å²) in [5.74, 6) is 0.0822. The summed E-state index contributed by atoms with van der Waals surface area (Å²) in [7, 11) is 0. The van der Waals surface area contributed by atoms with Gasteiger partial charge in [-0.3, -0.25) is 4.79 Å². The van der Waals surface area contributed by atoms with Crippen LogP contribution in [0.3, 0.4) is 0 Å². The first kappa shape index (κ1) is 15.5. The Labute approximate surface area is 132 Å². The number of aliphatic hydroxyl groups is 1. The van der Waals surface area contributed by atoms with Gasteiger partial charge in [-0.2, -0.15) is 0 Å². The van der Waals surface area contributed by atoms with Crippen LogP contribution in [0.5, 0.6) is 0 Å². The lowest BCUT2D eigenvalue weighted by Crippen LogP contribution is -2.51. The Morgan fingerprint density at radius 2 is 1.86 bits per heavy atom. The fourth-order valence-corrected chi connectivity index (χ4v) is 3.85. The van der Waals surface area contributed by atoms with Crippen LogP contribution in [0.1, 0.15) is 44.1 Å². The average molecular weight is 302 g/mol. The maximum absolute atomic E-state index is 13.0. The molecule has 0 radical (unpaired) electrons. The van der Waals surface area contributed by atoms with Crippen molar-refractivity contribution in [1.82, 2.24) is 10.6 Å². The van der Waals surface area contributed by atoms with E-state index in [0.717, 1.165) is 37.8 Å². The lowest BCUT2D eigenvalue weighted by molar-refractivity contribution is -0.129. The molecule has 120 valence electrons. The summed E-state index contributed by atoms with van der Waals surface area (Å²) in [5.41, 5.74) is -0.0897. The van der Waals surface area contributed by atoms with Crippen molar-refractivity contribution in [2.24, 2.45) is 0 Å². The van der Waals surface area contributed by atoms with Crippen LogP contribution in [0.4, 0.5) is 0 Å². The van der Waals surface area contributed by atoms with Crippen LogP contribution in [0.25, 0.3) is 0 Å². The summed E-state index contributed by atoms with van der Waals surface area (Å²) in [6.07, 6.45) is 5.89. The lowest BCUT2D eigenvalue weighted by atomic mass is 9.68. The molecule has 1 aliphatic carbocycles. The minimum Gasteiger partial charge on any atom is -0.387 e. The Kier molecular flexibility index (Phi) is 4.50. The topological polar surface area (TPSA) is 61.4 Å². The fourth-order valence-electron chi connectivity index (χ4n) is 3.85. The minimum absolute atomic E-state index is 0.0822. The molecule has 4 nitrogen and oxygen atoms in total. The first-order valence-electron chi connectivity index (χ1n) is 8.42. The number of benzene rings is 1. The highest BCUT2D eigenvalue weighted by molar-refractivity contribution is 5.88. The standard InChI is InChI=1S/C18H26N2O2/c21-16(20-14-17(22)11-12-19-13-17)18(9-5-2-6-10-18)15-7-3-1-4-8-15/h1,3-4,7-8,19,22H,2,5-6,9-14H2,(H,20,21). The van der Waals surface area contributed by atoms with E-state index < -0.39 is 11.0 Å². The number of carbonyl (C=O) groups is 1. The van der Waals surface area contributed by atoms with Gasteiger partial charge in [-0.05, 0) is 31.4 Å². The first-order valence-corrected chi connectivity index (χ1v) is 8.42. The Morgan fingerprint density at radius 1 is 1.14 bits per heavy atom. The molecule has 1 aromatic carbocycles. The molecule has 22 heavy (non-hydrogen) atoms. The number of hydrogen-bond acceptors (Lipinski definition) is 3. The summed E-state index contributed by atoms with van der Waals surface area (Å²) >= 11 is 0. The maximum atomic E-state index is 13.0. The second-order valence-corrected chi connectivity index (χ2v) is 6.84. The number of amides is 1. The largest absolute Gasteiger partial charge is 0.387 e. The van der Waals surface area contributed by atoms with Crippen LogP contribution < -0.4 is 10.6 Å². The number of rotatable bonds is 4. The van der Waals surface area contributed by atoms with E-state index in [9.17, 15) is 9.90 Å². The van der Waals surface area contributed by atoms with Crippen LogP contribution in [0.15, 0.2) is 30.3 Å². The Bertz CT molecular complexity index is 503. The molecule has 1 saturated carbocycles. The first-order chi connectivity index (χ1) is 10.6. The molecule has 1 aromatic rings. The molecule has 1 heterocycles. The highest BCUT2D eigenvalue weighted by Gasteiger charge is 2.42. The predicted octanol–water partition coefficient (Wildman–Crippen LogP) is 1.73. The van der Waals surface area contributed by atoms with Gasteiger partial charge in [-0.15, -0.1) is 0 Å². The quantitative estimate of drug-likeness (QED) is 0.794. The van der Waals surface area contributed by atoms with Gasteiger partial charge in [0.25, 0.3) is 0 Å². The van der Waals surface area contributed by atoms with Crippen LogP contribution in [-0.4, -0.2) is 36.2 Å². The number of carbonyl (C=O) groups excluding carboxylic acids is 1. The Morgan fingerprint density at radius 3 is 2.50 bits per heavy atom. The van der Waals surface area contributed by atoms with E-state index in [2.05, 4.69) is 22.8 Å². The molecule has 0 aromatic heterocycles. The Hall–Kier alpha value is -1.39. The van der Waals surface area contributed by atoms with Crippen molar-refractivity contribution in [3.8, 4) is 0 Å². The van der Waals surface area contributed by atoms with Crippen LogP contribution in [0, 0.1) is 0 Å². The maximum Gasteiger partial charge on any atom is 0.230 e. The van der Waals surface area contributed by atoms with Crippen LogP contribution >= 0.6 is 0 Å². The van der Waals surface area contributed by atoms with E-state index in [-0.39, 0.29) is 5.91 Å². The van der Waals surface area contributed by atoms with Crippen molar-refractivity contribution in [3.63, 3.8) is 0 Å². The van der Waals surface area contributed by atoms with Crippen molar-refractivity contribution in [2.45, 2.75) is 49.5 Å². The molecule has 3 rings (SSSR count). The number of β-amino-alcohol motifs (C(OH)–C–C–N with tert-alkyl or cyclic N) is 1. The van der Waals surface area contributed by atoms with Gasteiger partial charge in [0.2, 0.25) is 5.91 Å². The van der Waals surface area contributed by atoms with E-state index in [1.165, 1.54) is 6.42 Å². The molecule has 1 aliphatic heterocycles. The molecule has 2 fully saturated rings. The summed E-state index contributed by atoms with van der Waals surface area (Å²) in [6.45, 7) is 1.72. The Balaban J connectivity index is 1.76. The number of hydrogen-bond donors (Lipinski definition) is 3. The molecule has 2 aliphatic rings. The van der Waals surface area contributed by atoms with Gasteiger partial charge >= 0.3 is 0 Å². The SMILES string of the molecule is O=C(NCC1(O)CCNC1)C1(c2ccccc2)CCCCC1. The molecule has 1 amide bonds. The molecule has 0 bridgehead atoms. The smallest absolute Gasteiger partial charge is 0.230 e. The molecular formula is C18H26N2O2. The van der Waals surface area contributed by atoms with Crippen molar-refractivity contribution in [3.05, 3.63) is 35.9 Å². The van der Waals surface area contributed by atoms with Gasteiger partial charge in [-0.25, -0.2) is 0 Å². The zero-order chi connectivity index (χ0) is 15.5. The molecule has 1 unspecified atom stereocenters. The second-order valence-electron chi connectivity index (χ2n) is 6.84. The third-order valence-corrected chi connectivity index (χ3v) is 5.27. The van der Waals surface area contributed by atoms with Crippen LogP contribution in [-0.2, 0) is 10.2 Å². The zero-order valence-electron chi connectivity index (χ0n) is 13.1. The van der Waals surface area contributed by atoms with Crippen molar-refractivity contribution >= 4 is 5.91 Å². The molecule has 1 saturated heterocycles. The third-order valence-electron chi connectivity index (χ3n) is 5.27. The van der Waals surface area contributed by atoms with Gasteiger partial charge in [-0.1, -0.05) is 49.6 Å². The zero-order valence-corrected chi connectivity index (χ0v) is 13.1. The molecule has 3 N–H and O–H groups in total. The van der Waals surface area contributed by atoms with Gasteiger partial charge in [0, 0.05) is 13.1 Å². The minimum atomic E-state index is -0.789. The third kappa shape index (κ3) is 3.03. The average Bonchev–Trinajstić information content (AvgIpc) is 3.01. The molecular weight excluding hydrogens is 276 g/mol. The van der Waals surface area contributed by atoms with E-state index in [0.29, 0.717) is 19.5 Å². The van der Waals surface area contributed by atoms with E-state index in [1.54, 1.807) is 0 Å². The van der Waals surface area contributed by atoms with Crippen LogP contribution in [0.2, 0.25) is 0 Å². The summed E-state index contributed by atoms with van der Waals surface area (Å²) in [4.78, 5) is 13.0. The summed E-state index contributed by atoms with van der Waals surface area (Å²) in [5, 5.41) is 16.6. The van der Waals surface area contributed by atoms with Gasteiger partial charge in [0.05, 0.1) is 11.0 Å². The molecule has 4 heteroatoms. The van der Waals surface area contributed by atoms with Crippen molar-refractivity contribution < 1.29 is 9.90 Å². The van der Waals surface area contributed by atoms with Gasteiger partial charge in [0.15, 0.2) is 0 Å². The van der Waals surface area contributed by atoms with E-state index in [4.69, 9.17) is 0 Å². The van der Waals surface area contributed by atoms with E-state index in [1.807, 2.05) is 18.2 Å². The van der Waals surface area contributed by atoms with Gasteiger partial charge < -0.3 is 15.7 Å². The second kappa shape index (κ2) is 6.39. The van der Waals surface area contributed by atoms with Gasteiger partial charge in [0.1, 0.15) is 0 Å². The summed E-state index contributed by atoms with van der Waals surface area (Å²) < 4.78 is 0. The van der Waals surface area contributed by atoms with E-state index >= 15 is 0 Å². The van der Waals surface area contributed by atoms with Crippen molar-refractivity contribution in [2.75, 3.05) is 19.6 Å². The monoisotopic (exact) mass is 302 g/mol. The predicted molar refractivity (Wildman–Crippen MR) is 86.7 cm³/mol. The lowest BCUT2D eigenvalue weighted by Gasteiger charge is -2.37. The van der Waals surface area contributed by atoms with Crippen molar-refractivity contribution in [1.29, 1.82) is 0 Å². The molecule has 1 atom stereocenters. The highest BCUT2D eigenvalue weighted by Crippen LogP contribution is 2.39.